The predicted octanol–water partition coefficient (Wildman–Crippen LogP) is 10.9. The molecule has 7 rings (SSSR count). The van der Waals surface area contributed by atoms with Gasteiger partial charge in [0.25, 0.3) is 0 Å². The molecule has 1 nitrogen and oxygen atoms in total. The van der Waals surface area contributed by atoms with Crippen LogP contribution in [0.3, 0.4) is 0 Å². The molecule has 0 saturated heterocycles. The Hall–Kier alpha value is -4.88. The maximum atomic E-state index is 4.62. The zero-order chi connectivity index (χ0) is 28.1. The third-order valence-corrected chi connectivity index (χ3v) is 7.65. The first kappa shape index (κ1) is 28.2. The molecule has 0 fully saturated rings. The van der Waals surface area contributed by atoms with Crippen LogP contribution >= 0.6 is 0 Å². The molecule has 0 spiro atoms. The van der Waals surface area contributed by atoms with E-state index < -0.39 is 0 Å². The van der Waals surface area contributed by atoms with Crippen LogP contribution < -0.4 is 0 Å². The first-order valence-electron chi connectivity index (χ1n) is 14.2. The zero-order valence-electron chi connectivity index (χ0n) is 23.4. The second-order valence-corrected chi connectivity index (χ2v) is 10.3. The summed E-state index contributed by atoms with van der Waals surface area (Å²) in [6, 6.07) is 61.3. The summed E-state index contributed by atoms with van der Waals surface area (Å²) in [5.41, 5.74) is 13.8. The van der Waals surface area contributed by atoms with Crippen molar-refractivity contribution in [3.8, 4) is 66.9 Å². The Morgan fingerprint density at radius 1 is 0.395 bits per heavy atom. The van der Waals surface area contributed by atoms with E-state index in [1.54, 1.807) is 0 Å². The van der Waals surface area contributed by atoms with Gasteiger partial charge in [-0.2, -0.15) is 0 Å². The molecule has 0 aliphatic rings. The number of hydrogen-bond donors (Lipinski definition) is 0. The zero-order valence-corrected chi connectivity index (χ0v) is 25.8. The minimum atomic E-state index is 0. The van der Waals surface area contributed by atoms with E-state index in [0.717, 1.165) is 16.8 Å². The van der Waals surface area contributed by atoms with E-state index >= 15 is 0 Å². The molecule has 0 amide bonds. The van der Waals surface area contributed by atoms with Crippen LogP contribution in [-0.4, -0.2) is 4.98 Å². The molecule has 6 aromatic carbocycles. The van der Waals surface area contributed by atoms with Gasteiger partial charge in [-0.1, -0.05) is 133 Å². The number of benzene rings is 6. The molecule has 0 N–H and O–H groups in total. The number of nitrogens with zero attached hydrogens (tertiary/aromatic N) is 1. The summed E-state index contributed by atoms with van der Waals surface area (Å²) >= 11 is 0. The third kappa shape index (κ3) is 5.76. The number of rotatable bonds is 6. The summed E-state index contributed by atoms with van der Waals surface area (Å²) in [6.45, 7) is 0. The average molecular weight is 727 g/mol. The van der Waals surface area contributed by atoms with Crippen LogP contribution in [0.25, 0.3) is 66.9 Å². The molecule has 43 heavy (non-hydrogen) atoms. The van der Waals surface area contributed by atoms with Gasteiger partial charge in [0.15, 0.2) is 0 Å². The van der Waals surface area contributed by atoms with Crippen molar-refractivity contribution in [3.63, 3.8) is 0 Å². The largest absolute Gasteiger partial charge is 0.305 e. The smallest absolute Gasteiger partial charge is 0.0160 e. The van der Waals surface area contributed by atoms with Crippen LogP contribution in [0.1, 0.15) is 0 Å². The van der Waals surface area contributed by atoms with Crippen molar-refractivity contribution in [3.05, 3.63) is 176 Å². The Kier molecular flexibility index (Phi) is 8.52. The van der Waals surface area contributed by atoms with Crippen LogP contribution in [0.5, 0.6) is 0 Å². The maximum absolute atomic E-state index is 4.62. The summed E-state index contributed by atoms with van der Waals surface area (Å²) in [5.74, 6) is 0. The van der Waals surface area contributed by atoms with E-state index in [-0.39, 0.29) is 20.1 Å². The van der Waals surface area contributed by atoms with Crippen molar-refractivity contribution in [1.29, 1.82) is 0 Å². The molecule has 0 aliphatic carbocycles. The van der Waals surface area contributed by atoms with Crippen LogP contribution in [0.2, 0.25) is 0 Å². The molecule has 0 aliphatic heterocycles. The van der Waals surface area contributed by atoms with Gasteiger partial charge >= 0.3 is 0 Å². The molecular formula is C41H28IrN-. The van der Waals surface area contributed by atoms with Gasteiger partial charge in [-0.25, -0.2) is 0 Å². The molecule has 2 heteroatoms. The van der Waals surface area contributed by atoms with E-state index in [2.05, 4.69) is 151 Å². The predicted molar refractivity (Wildman–Crippen MR) is 176 cm³/mol. The summed E-state index contributed by atoms with van der Waals surface area (Å²) in [6.07, 6.45) is 1.83. The monoisotopic (exact) mass is 727 g/mol. The third-order valence-electron chi connectivity index (χ3n) is 7.65. The van der Waals surface area contributed by atoms with E-state index in [1.165, 1.54) is 50.1 Å². The van der Waals surface area contributed by atoms with Gasteiger partial charge in [-0.15, -0.1) is 35.4 Å². The van der Waals surface area contributed by atoms with Crippen molar-refractivity contribution in [2.45, 2.75) is 0 Å². The minimum Gasteiger partial charge on any atom is -0.305 e. The topological polar surface area (TPSA) is 12.9 Å². The second-order valence-electron chi connectivity index (χ2n) is 10.3. The summed E-state index contributed by atoms with van der Waals surface area (Å²) in [5, 5.41) is 0. The van der Waals surface area contributed by atoms with Gasteiger partial charge in [0.1, 0.15) is 0 Å². The molecule has 1 heterocycles. The fraction of sp³-hybridized carbons (Fsp3) is 0. The van der Waals surface area contributed by atoms with Crippen LogP contribution in [0.15, 0.2) is 170 Å². The average Bonchev–Trinajstić information content (AvgIpc) is 3.09. The second kappa shape index (κ2) is 13.0. The Bertz CT molecular complexity index is 1940. The minimum absolute atomic E-state index is 0. The van der Waals surface area contributed by atoms with Crippen LogP contribution in [0.4, 0.5) is 0 Å². The molecule has 0 bridgehead atoms. The number of aromatic nitrogens is 1. The molecule has 1 aromatic heterocycles. The summed E-state index contributed by atoms with van der Waals surface area (Å²) in [7, 11) is 0. The summed E-state index contributed by atoms with van der Waals surface area (Å²) in [4.78, 5) is 4.62. The van der Waals surface area contributed by atoms with Gasteiger partial charge < -0.3 is 4.98 Å². The van der Waals surface area contributed by atoms with Crippen molar-refractivity contribution in [2.75, 3.05) is 0 Å². The summed E-state index contributed by atoms with van der Waals surface area (Å²) < 4.78 is 0. The molecular weight excluding hydrogens is 699 g/mol. The van der Waals surface area contributed by atoms with E-state index in [9.17, 15) is 0 Å². The molecule has 1 radical (unpaired) electrons. The molecule has 207 valence electrons. The van der Waals surface area contributed by atoms with Crippen molar-refractivity contribution in [2.24, 2.45) is 0 Å². The molecule has 0 saturated carbocycles. The quantitative estimate of drug-likeness (QED) is 0.156. The Morgan fingerprint density at radius 2 is 0.860 bits per heavy atom. The fourth-order valence-corrected chi connectivity index (χ4v) is 5.76. The van der Waals surface area contributed by atoms with Crippen molar-refractivity contribution >= 4 is 0 Å². The van der Waals surface area contributed by atoms with Gasteiger partial charge in [0.05, 0.1) is 0 Å². The van der Waals surface area contributed by atoms with Crippen molar-refractivity contribution in [1.82, 2.24) is 4.98 Å². The Morgan fingerprint density at radius 3 is 1.37 bits per heavy atom. The standard InChI is InChI=1S/C41H28N.Ir/c1-5-16-30(17-6-1)36-29-37(34-24-15-25-35(28-34)38-26-13-14-27-42-38)40(32-20-9-3-10-21-32)41(33-22-11-4-12-23-33)39(36)31-18-7-2-8-19-31;/h1-24,26-29H;/q-1;. The molecule has 0 atom stereocenters. The Labute approximate surface area is 266 Å². The van der Waals surface area contributed by atoms with Crippen LogP contribution in [0, 0.1) is 6.07 Å². The first-order valence-corrected chi connectivity index (χ1v) is 14.2. The Balaban J connectivity index is 0.00000329. The van der Waals surface area contributed by atoms with Gasteiger partial charge in [-0.05, 0) is 67.9 Å². The van der Waals surface area contributed by atoms with E-state index in [4.69, 9.17) is 0 Å². The van der Waals surface area contributed by atoms with Gasteiger partial charge in [-0.3, -0.25) is 0 Å². The van der Waals surface area contributed by atoms with Crippen LogP contribution in [-0.2, 0) is 20.1 Å². The van der Waals surface area contributed by atoms with Gasteiger partial charge in [0.2, 0.25) is 0 Å². The number of hydrogen-bond acceptors (Lipinski definition) is 1. The maximum Gasteiger partial charge on any atom is 0.0160 e. The SMILES string of the molecule is [Ir].[c-]1ccc(-c2cc(-c3ccccc3)c(-c3ccccc3)c(-c3ccccc3)c2-c2ccccc2)cc1-c1ccccn1. The van der Waals surface area contributed by atoms with Crippen molar-refractivity contribution < 1.29 is 20.1 Å². The molecule has 0 unspecified atom stereocenters. The van der Waals surface area contributed by atoms with E-state index in [1.807, 2.05) is 30.5 Å². The number of pyridine rings is 1. The first-order chi connectivity index (χ1) is 20.9. The fourth-order valence-electron chi connectivity index (χ4n) is 5.76. The molecule has 7 aromatic rings. The normalized spacial score (nSPS) is 10.6. The van der Waals surface area contributed by atoms with Gasteiger partial charge in [0, 0.05) is 26.3 Å². The van der Waals surface area contributed by atoms with E-state index in [0.29, 0.717) is 0 Å².